The number of nitrogens with zero attached hydrogens (tertiary/aromatic N) is 4. The van der Waals surface area contributed by atoms with Gasteiger partial charge in [0, 0.05) is 0 Å². The second-order valence-corrected chi connectivity index (χ2v) is 11.7. The second-order valence-electron chi connectivity index (χ2n) is 8.69. The molecule has 2 saturated heterocycles. The number of aliphatic hydroxyl groups excluding tert-OH is 6. The number of phosphoric acid groups is 2. The van der Waals surface area contributed by atoms with E-state index in [-0.39, 0.29) is 17.0 Å². The van der Waals surface area contributed by atoms with E-state index in [1.165, 1.54) is 0 Å². The fourth-order valence-electron chi connectivity index (χ4n) is 3.98. The number of nitrogen functional groups attached to an aromatic ring is 1. The highest BCUT2D eigenvalue weighted by Gasteiger charge is 2.51. The van der Waals surface area contributed by atoms with Crippen LogP contribution in [0.1, 0.15) is 6.23 Å². The van der Waals surface area contributed by atoms with Gasteiger partial charge in [-0.05, 0) is 0 Å². The van der Waals surface area contributed by atoms with Gasteiger partial charge < -0.3 is 55.6 Å². The zero-order valence-electron chi connectivity index (χ0n) is 19.9. The van der Waals surface area contributed by atoms with Gasteiger partial charge in [-0.15, -0.1) is 0 Å². The monoisotopic (exact) mass is 621 g/mol. The average molecular weight is 621 g/mol. The molecule has 0 radical (unpaired) electrons. The van der Waals surface area contributed by atoms with Gasteiger partial charge in [0.25, 0.3) is 0 Å². The number of halogens is 1. The minimum absolute atomic E-state index is 0.0106. The highest BCUT2D eigenvalue weighted by Crippen LogP contribution is 2.61. The first-order chi connectivity index (χ1) is 18.7. The fraction of sp³-hybridized carbons (Fsp3) is 0.706. The number of aliphatic hydroxyl groups is 6. The molecular weight excluding hydrogens is 595 g/mol. The third-order valence-corrected chi connectivity index (χ3v) is 8.57. The number of imidazole rings is 1. The van der Waals surface area contributed by atoms with Crippen LogP contribution in [0.2, 0.25) is 0 Å². The number of phosphoric ester groups is 2. The van der Waals surface area contributed by atoms with Crippen molar-refractivity contribution in [3.8, 4) is 0 Å². The summed E-state index contributed by atoms with van der Waals surface area (Å²) in [4.78, 5) is 31.4. The molecule has 0 aromatic carbocycles. The van der Waals surface area contributed by atoms with Gasteiger partial charge in [-0.2, -0.15) is 4.31 Å². The first kappa shape index (κ1) is 31.2. The van der Waals surface area contributed by atoms with Crippen LogP contribution in [0.25, 0.3) is 11.2 Å². The summed E-state index contributed by atoms with van der Waals surface area (Å²) in [5.41, 5.74) is 5.86. The molecule has 2 aliphatic rings. The summed E-state index contributed by atoms with van der Waals surface area (Å²) < 4.78 is 64.0. The number of fused-ring (bicyclic) bond motifs is 1. The third kappa shape index (κ3) is 6.33. The van der Waals surface area contributed by atoms with Crippen molar-refractivity contribution in [2.24, 2.45) is 0 Å². The first-order valence-electron chi connectivity index (χ1n) is 11.2. The molecule has 5 unspecified atom stereocenters. The molecule has 4 heterocycles. The zero-order chi connectivity index (χ0) is 29.6. The van der Waals surface area contributed by atoms with Crippen molar-refractivity contribution in [2.45, 2.75) is 61.4 Å². The molecular formula is C17H26FN5O15P2. The van der Waals surface area contributed by atoms with E-state index < -0.39 is 90.3 Å². The maximum atomic E-state index is 14.9. The molecule has 0 bridgehead atoms. The molecule has 226 valence electrons. The van der Waals surface area contributed by atoms with Crippen molar-refractivity contribution in [1.82, 2.24) is 19.5 Å². The van der Waals surface area contributed by atoms with Crippen LogP contribution >= 0.6 is 15.6 Å². The minimum atomic E-state index is -5.68. The molecule has 4 rings (SSSR count). The van der Waals surface area contributed by atoms with E-state index in [0.29, 0.717) is 0 Å². The van der Waals surface area contributed by atoms with Crippen molar-refractivity contribution < 1.29 is 76.8 Å². The van der Waals surface area contributed by atoms with Gasteiger partial charge in [-0.1, -0.05) is 0 Å². The maximum Gasteiger partial charge on any atom is 0.483 e. The Hall–Kier alpha value is -1.78. The summed E-state index contributed by atoms with van der Waals surface area (Å²) in [6.45, 7) is -2.04. The molecule has 40 heavy (non-hydrogen) atoms. The second kappa shape index (κ2) is 11.8. The summed E-state index contributed by atoms with van der Waals surface area (Å²) in [6, 6.07) is 0. The zero-order valence-corrected chi connectivity index (χ0v) is 21.7. The van der Waals surface area contributed by atoms with E-state index in [1.54, 1.807) is 0 Å². The molecule has 0 saturated carbocycles. The number of alkyl halides is 1. The topological polar surface area (TPSA) is 312 Å². The Morgan fingerprint density at radius 1 is 1.05 bits per heavy atom. The molecule has 20 nitrogen and oxygen atoms in total. The predicted octanol–water partition coefficient (Wildman–Crippen LogP) is -3.58. The van der Waals surface area contributed by atoms with Crippen molar-refractivity contribution >= 4 is 32.6 Å². The Morgan fingerprint density at radius 3 is 2.42 bits per heavy atom. The Balaban J connectivity index is 1.38. The van der Waals surface area contributed by atoms with Gasteiger partial charge in [-0.25, -0.2) is 28.5 Å². The van der Waals surface area contributed by atoms with Crippen molar-refractivity contribution in [3.63, 3.8) is 0 Å². The molecule has 0 amide bonds. The summed E-state index contributed by atoms with van der Waals surface area (Å²) >= 11 is 0. The van der Waals surface area contributed by atoms with Gasteiger partial charge in [-0.3, -0.25) is 13.6 Å². The number of rotatable bonds is 10. The van der Waals surface area contributed by atoms with Crippen LogP contribution in [-0.2, 0) is 32.0 Å². The van der Waals surface area contributed by atoms with E-state index >= 15 is 0 Å². The maximum absolute atomic E-state index is 14.9. The molecule has 0 aliphatic carbocycles. The lowest BCUT2D eigenvalue weighted by Gasteiger charge is -2.41. The minimum Gasteiger partial charge on any atom is -0.394 e. The quantitative estimate of drug-likeness (QED) is 0.116. The summed E-state index contributed by atoms with van der Waals surface area (Å²) in [6.07, 6.45) is -17.3. The first-order valence-corrected chi connectivity index (χ1v) is 14.2. The van der Waals surface area contributed by atoms with Gasteiger partial charge in [0.2, 0.25) is 0 Å². The predicted molar refractivity (Wildman–Crippen MR) is 122 cm³/mol. The Kier molecular flexibility index (Phi) is 9.22. The lowest BCUT2D eigenvalue weighted by molar-refractivity contribution is -0.292. The van der Waals surface area contributed by atoms with E-state index in [2.05, 4.69) is 28.3 Å². The Labute approximate surface area is 222 Å². The van der Waals surface area contributed by atoms with E-state index in [4.69, 9.17) is 20.3 Å². The van der Waals surface area contributed by atoms with Crippen LogP contribution in [0.4, 0.5) is 10.2 Å². The fourth-order valence-corrected chi connectivity index (χ4v) is 6.13. The summed E-state index contributed by atoms with van der Waals surface area (Å²) in [5, 5.41) is 58.7. The Morgan fingerprint density at radius 2 is 1.75 bits per heavy atom. The molecule has 10 N–H and O–H groups in total. The van der Waals surface area contributed by atoms with Crippen LogP contribution < -0.4 is 5.73 Å². The number of aromatic nitrogens is 4. The number of hydrogen-bond donors (Lipinski definition) is 9. The molecule has 2 aromatic rings. The van der Waals surface area contributed by atoms with Crippen molar-refractivity contribution in [1.29, 1.82) is 0 Å². The van der Waals surface area contributed by atoms with Crippen LogP contribution in [0.15, 0.2) is 12.7 Å². The van der Waals surface area contributed by atoms with Crippen LogP contribution in [0.3, 0.4) is 0 Å². The van der Waals surface area contributed by atoms with Gasteiger partial charge >= 0.3 is 15.6 Å². The van der Waals surface area contributed by atoms with Gasteiger partial charge in [0.05, 0.1) is 19.5 Å². The van der Waals surface area contributed by atoms with E-state index in [9.17, 15) is 48.8 Å². The summed E-state index contributed by atoms with van der Waals surface area (Å²) in [7, 11) is -11.2. The lowest BCUT2D eigenvalue weighted by Crippen LogP contribution is -2.61. The highest BCUT2D eigenvalue weighted by atomic mass is 31.3. The van der Waals surface area contributed by atoms with Crippen LogP contribution in [0, 0.1) is 0 Å². The smallest absolute Gasteiger partial charge is 0.394 e. The number of nitrogens with two attached hydrogens (primary N) is 1. The normalized spacial score (nSPS) is 36.8. The standard InChI is InChI=1S/C17H26FN5O15P2/c18-7-9(26)6(35-16(7)23-4-22-8-14(19)20-3-21-15(8)23)2-34-39(30,31)38-40(32,33)37-17-12(29)10(27)11(28)13(36-17)5(25)1-24/h3-7,9-13,16-17,24-29H,1-2H2,(H,30,31)(H,32,33)(H2,19,20,21)/t5-,6-,7?,9+,10+,11+,12?,13?,16-,17+/m1/s1. The summed E-state index contributed by atoms with van der Waals surface area (Å²) in [5.74, 6) is -0.0106. The van der Waals surface area contributed by atoms with E-state index in [0.717, 1.165) is 17.2 Å². The van der Waals surface area contributed by atoms with Gasteiger partial charge in [0.15, 0.2) is 30.2 Å². The van der Waals surface area contributed by atoms with Crippen molar-refractivity contribution in [2.75, 3.05) is 18.9 Å². The number of hydrogen-bond acceptors (Lipinski definition) is 17. The highest BCUT2D eigenvalue weighted by molar-refractivity contribution is 7.61. The number of ether oxygens (including phenoxy) is 2. The van der Waals surface area contributed by atoms with Crippen molar-refractivity contribution in [3.05, 3.63) is 12.7 Å². The lowest BCUT2D eigenvalue weighted by atomic mass is 9.96. The van der Waals surface area contributed by atoms with Crippen LogP contribution in [-0.4, -0.2) is 128 Å². The Bertz CT molecular complexity index is 1290. The average Bonchev–Trinajstić information content (AvgIpc) is 3.43. The molecule has 2 aromatic heterocycles. The SMILES string of the molecule is Nc1ncnc2c1ncn2[C@@H]1O[C@H](COP(=O)(O)OP(=O)(O)O[C@@H]2OC([C@H](O)CO)[C@@H](O)[C@H](O)C2O)[C@H](O)C1F. The molecule has 23 heteroatoms. The van der Waals surface area contributed by atoms with Crippen LogP contribution in [0.5, 0.6) is 0 Å². The molecule has 2 aliphatic heterocycles. The largest absolute Gasteiger partial charge is 0.483 e. The van der Waals surface area contributed by atoms with Gasteiger partial charge in [0.1, 0.15) is 54.6 Å². The third-order valence-electron chi connectivity index (χ3n) is 5.97. The number of anilines is 1. The molecule has 0 spiro atoms. The molecule has 12 atom stereocenters. The van der Waals surface area contributed by atoms with E-state index in [1.807, 2.05) is 0 Å². The molecule has 2 fully saturated rings.